The SMILES string of the molecule is COc1ccccc1-c1cccc(NC(=O)N2CCN(C)C(=O)[C@@H]2C)c1. The van der Waals surface area contributed by atoms with Crippen LogP contribution < -0.4 is 10.1 Å². The number of nitrogens with one attached hydrogen (secondary N) is 1. The van der Waals surface area contributed by atoms with E-state index in [9.17, 15) is 9.59 Å². The van der Waals surface area contributed by atoms with E-state index in [2.05, 4.69) is 5.32 Å². The van der Waals surface area contributed by atoms with E-state index < -0.39 is 6.04 Å². The summed E-state index contributed by atoms with van der Waals surface area (Å²) in [4.78, 5) is 27.9. The summed E-state index contributed by atoms with van der Waals surface area (Å²) in [7, 11) is 3.39. The lowest BCUT2D eigenvalue weighted by Crippen LogP contribution is -2.57. The third kappa shape index (κ3) is 3.49. The summed E-state index contributed by atoms with van der Waals surface area (Å²) in [5, 5.41) is 2.90. The number of hydrogen-bond donors (Lipinski definition) is 1. The van der Waals surface area contributed by atoms with Crippen LogP contribution in [0.3, 0.4) is 0 Å². The molecule has 0 aliphatic carbocycles. The molecule has 0 unspecified atom stereocenters. The highest BCUT2D eigenvalue weighted by molar-refractivity contribution is 5.95. The number of benzene rings is 2. The third-order valence-corrected chi connectivity index (χ3v) is 4.67. The Balaban J connectivity index is 1.79. The molecule has 1 aliphatic heterocycles. The molecule has 1 N–H and O–H groups in total. The van der Waals surface area contributed by atoms with Crippen molar-refractivity contribution in [3.8, 4) is 16.9 Å². The van der Waals surface area contributed by atoms with Crippen molar-refractivity contribution in [2.75, 3.05) is 32.6 Å². The van der Waals surface area contributed by atoms with Crippen LogP contribution >= 0.6 is 0 Å². The number of urea groups is 1. The molecule has 0 bridgehead atoms. The second kappa shape index (κ2) is 7.47. The molecule has 26 heavy (non-hydrogen) atoms. The van der Waals surface area contributed by atoms with Gasteiger partial charge in [-0.1, -0.05) is 30.3 Å². The predicted octanol–water partition coefficient (Wildman–Crippen LogP) is 3.06. The molecular formula is C20H23N3O3. The molecular weight excluding hydrogens is 330 g/mol. The van der Waals surface area contributed by atoms with Gasteiger partial charge in [0.05, 0.1) is 7.11 Å². The van der Waals surface area contributed by atoms with E-state index >= 15 is 0 Å². The normalized spacial score (nSPS) is 17.2. The summed E-state index contributed by atoms with van der Waals surface area (Å²) in [5.41, 5.74) is 2.58. The van der Waals surface area contributed by atoms with E-state index in [0.29, 0.717) is 18.8 Å². The zero-order chi connectivity index (χ0) is 18.7. The maximum atomic E-state index is 12.6. The predicted molar refractivity (Wildman–Crippen MR) is 101 cm³/mol. The fourth-order valence-electron chi connectivity index (χ4n) is 3.13. The molecule has 1 atom stereocenters. The quantitative estimate of drug-likeness (QED) is 0.922. The molecule has 6 heteroatoms. The Hall–Kier alpha value is -3.02. The smallest absolute Gasteiger partial charge is 0.322 e. The fraction of sp³-hybridized carbons (Fsp3) is 0.300. The number of hydrogen-bond acceptors (Lipinski definition) is 3. The van der Waals surface area contributed by atoms with E-state index in [1.165, 1.54) is 0 Å². The van der Waals surface area contributed by atoms with Gasteiger partial charge in [-0.2, -0.15) is 0 Å². The molecule has 1 fully saturated rings. The minimum absolute atomic E-state index is 0.0471. The highest BCUT2D eigenvalue weighted by Crippen LogP contribution is 2.31. The van der Waals surface area contributed by atoms with Gasteiger partial charge in [0, 0.05) is 31.4 Å². The third-order valence-electron chi connectivity index (χ3n) is 4.67. The number of amides is 3. The maximum Gasteiger partial charge on any atom is 0.322 e. The van der Waals surface area contributed by atoms with E-state index in [4.69, 9.17) is 4.74 Å². The van der Waals surface area contributed by atoms with Gasteiger partial charge >= 0.3 is 6.03 Å². The zero-order valence-corrected chi connectivity index (χ0v) is 15.2. The van der Waals surface area contributed by atoms with Crippen LogP contribution in [0.15, 0.2) is 48.5 Å². The van der Waals surface area contributed by atoms with Crippen LogP contribution in [0.25, 0.3) is 11.1 Å². The highest BCUT2D eigenvalue weighted by atomic mass is 16.5. The molecule has 3 amide bonds. The van der Waals surface area contributed by atoms with Crippen LogP contribution in [0.1, 0.15) is 6.92 Å². The topological polar surface area (TPSA) is 61.9 Å². The van der Waals surface area contributed by atoms with Crippen molar-refractivity contribution in [2.45, 2.75) is 13.0 Å². The number of carbonyl (C=O) groups is 2. The molecule has 1 saturated heterocycles. The number of likely N-dealkylation sites (N-methyl/N-ethyl adjacent to an activating group) is 1. The van der Waals surface area contributed by atoms with Crippen LogP contribution in [-0.4, -0.2) is 55.0 Å². The van der Waals surface area contributed by atoms with Crippen molar-refractivity contribution >= 4 is 17.6 Å². The molecule has 2 aromatic rings. The molecule has 2 aromatic carbocycles. The van der Waals surface area contributed by atoms with Crippen LogP contribution in [0.2, 0.25) is 0 Å². The van der Waals surface area contributed by atoms with E-state index in [0.717, 1.165) is 16.9 Å². The standard InChI is InChI=1S/C20H23N3O3/c1-14-19(24)22(2)11-12-23(14)20(25)21-16-8-6-7-15(13-16)17-9-4-5-10-18(17)26-3/h4-10,13-14H,11-12H2,1-3H3,(H,21,25)/t14-/m0/s1. The molecule has 0 saturated carbocycles. The van der Waals surface area contributed by atoms with Crippen molar-refractivity contribution in [3.05, 3.63) is 48.5 Å². The summed E-state index contributed by atoms with van der Waals surface area (Å²) in [6.07, 6.45) is 0. The first-order chi connectivity index (χ1) is 12.5. The average Bonchev–Trinajstić information content (AvgIpc) is 2.66. The number of nitrogens with zero attached hydrogens (tertiary/aromatic N) is 2. The number of ether oxygens (including phenoxy) is 1. The Morgan fingerprint density at radius 1 is 1.15 bits per heavy atom. The largest absolute Gasteiger partial charge is 0.496 e. The summed E-state index contributed by atoms with van der Waals surface area (Å²) in [6, 6.07) is 14.6. The van der Waals surface area contributed by atoms with Gasteiger partial charge in [-0.15, -0.1) is 0 Å². The molecule has 0 radical (unpaired) electrons. The van der Waals surface area contributed by atoms with Crippen LogP contribution in [0.4, 0.5) is 10.5 Å². The summed E-state index contributed by atoms with van der Waals surface area (Å²) in [6.45, 7) is 2.81. The number of rotatable bonds is 3. The van der Waals surface area contributed by atoms with Crippen LogP contribution in [-0.2, 0) is 4.79 Å². The first-order valence-electron chi connectivity index (χ1n) is 8.57. The Bertz CT molecular complexity index is 821. The Morgan fingerprint density at radius 3 is 2.69 bits per heavy atom. The first kappa shape index (κ1) is 17.8. The van der Waals surface area contributed by atoms with Gasteiger partial charge in [-0.3, -0.25) is 4.79 Å². The van der Waals surface area contributed by atoms with Gasteiger partial charge in [-0.25, -0.2) is 4.79 Å². The summed E-state index contributed by atoms with van der Waals surface area (Å²) < 4.78 is 5.41. The van der Waals surface area contributed by atoms with E-state index in [-0.39, 0.29) is 11.9 Å². The molecule has 3 rings (SSSR count). The average molecular weight is 353 g/mol. The molecule has 0 aromatic heterocycles. The Labute approximate surface area is 153 Å². The van der Waals surface area contributed by atoms with Crippen molar-refractivity contribution in [1.82, 2.24) is 9.80 Å². The van der Waals surface area contributed by atoms with Crippen molar-refractivity contribution in [1.29, 1.82) is 0 Å². The van der Waals surface area contributed by atoms with E-state index in [1.807, 2.05) is 48.5 Å². The highest BCUT2D eigenvalue weighted by Gasteiger charge is 2.32. The van der Waals surface area contributed by atoms with Gasteiger partial charge in [0.1, 0.15) is 11.8 Å². The minimum Gasteiger partial charge on any atom is -0.496 e. The lowest BCUT2D eigenvalue weighted by atomic mass is 10.0. The van der Waals surface area contributed by atoms with Crippen LogP contribution in [0.5, 0.6) is 5.75 Å². The first-order valence-corrected chi connectivity index (χ1v) is 8.57. The lowest BCUT2D eigenvalue weighted by Gasteiger charge is -2.37. The lowest BCUT2D eigenvalue weighted by molar-refractivity contribution is -0.137. The van der Waals surface area contributed by atoms with Gasteiger partial charge in [0.25, 0.3) is 0 Å². The maximum absolute atomic E-state index is 12.6. The fourth-order valence-corrected chi connectivity index (χ4v) is 3.13. The number of piperazine rings is 1. The van der Waals surface area contributed by atoms with Gasteiger partial charge < -0.3 is 19.9 Å². The Kier molecular flexibility index (Phi) is 5.11. The monoisotopic (exact) mass is 353 g/mol. The minimum atomic E-state index is -0.467. The van der Waals surface area contributed by atoms with Gasteiger partial charge in [0.2, 0.25) is 5.91 Å². The van der Waals surface area contributed by atoms with Crippen molar-refractivity contribution < 1.29 is 14.3 Å². The molecule has 1 aliphatic rings. The van der Waals surface area contributed by atoms with Crippen molar-refractivity contribution in [3.63, 3.8) is 0 Å². The summed E-state index contributed by atoms with van der Waals surface area (Å²) in [5.74, 6) is 0.725. The summed E-state index contributed by atoms with van der Waals surface area (Å²) >= 11 is 0. The number of para-hydroxylation sites is 1. The Morgan fingerprint density at radius 2 is 1.92 bits per heavy atom. The second-order valence-corrected chi connectivity index (χ2v) is 6.34. The second-order valence-electron chi connectivity index (χ2n) is 6.34. The van der Waals surface area contributed by atoms with Crippen LogP contribution in [0, 0.1) is 0 Å². The van der Waals surface area contributed by atoms with Gasteiger partial charge in [0.15, 0.2) is 0 Å². The molecule has 1 heterocycles. The number of carbonyl (C=O) groups excluding carboxylic acids is 2. The molecule has 136 valence electrons. The number of methoxy groups -OCH3 is 1. The van der Waals surface area contributed by atoms with E-state index in [1.54, 1.807) is 30.9 Å². The zero-order valence-electron chi connectivity index (χ0n) is 15.2. The van der Waals surface area contributed by atoms with Crippen molar-refractivity contribution in [2.24, 2.45) is 0 Å². The molecule has 0 spiro atoms. The molecule has 6 nitrogen and oxygen atoms in total. The number of anilines is 1. The van der Waals surface area contributed by atoms with Gasteiger partial charge in [-0.05, 0) is 30.7 Å².